The number of allylic oxidation sites excluding steroid dienone is 1. The van der Waals surface area contributed by atoms with Crippen molar-refractivity contribution >= 4 is 22.9 Å². The third kappa shape index (κ3) is 3.22. The number of benzene rings is 1. The lowest BCUT2D eigenvalue weighted by atomic mass is 10.0. The number of carbonyl (C=O) groups is 1. The summed E-state index contributed by atoms with van der Waals surface area (Å²) >= 11 is 5.25. The second kappa shape index (κ2) is 5.48. The number of hydrogen-bond donors (Lipinski definition) is 0. The van der Waals surface area contributed by atoms with Crippen LogP contribution in [0.25, 0.3) is 6.08 Å². The summed E-state index contributed by atoms with van der Waals surface area (Å²) in [6.07, 6.45) is 1.49. The highest BCUT2D eigenvalue weighted by Gasteiger charge is 2.04. The highest BCUT2D eigenvalue weighted by atomic mass is 35.5. The minimum atomic E-state index is -0.726. The Kier molecular flexibility index (Phi) is 4.28. The molecule has 0 radical (unpaired) electrons. The van der Waals surface area contributed by atoms with Crippen molar-refractivity contribution < 1.29 is 4.79 Å². The molecule has 0 spiro atoms. The van der Waals surface area contributed by atoms with Crippen LogP contribution in [0.1, 0.15) is 30.9 Å². The van der Waals surface area contributed by atoms with E-state index in [4.69, 9.17) is 16.9 Å². The fraction of sp³-hybridized carbons (Fsp3) is 0.231. The van der Waals surface area contributed by atoms with E-state index in [9.17, 15) is 4.79 Å². The highest BCUT2D eigenvalue weighted by molar-refractivity contribution is 6.68. The van der Waals surface area contributed by atoms with Gasteiger partial charge in [-0.05, 0) is 34.7 Å². The van der Waals surface area contributed by atoms with Gasteiger partial charge in [-0.15, -0.1) is 0 Å². The van der Waals surface area contributed by atoms with Crippen LogP contribution < -0.4 is 0 Å². The Morgan fingerprint density at radius 1 is 1.38 bits per heavy atom. The molecule has 0 saturated heterocycles. The van der Waals surface area contributed by atoms with E-state index in [0.29, 0.717) is 5.92 Å². The molecule has 0 unspecified atom stereocenters. The monoisotopic (exact) mass is 233 g/mol. The molecular weight excluding hydrogens is 222 g/mol. The number of nitrogens with zero attached hydrogens (tertiary/aromatic N) is 1. The summed E-state index contributed by atoms with van der Waals surface area (Å²) in [5.41, 5.74) is 1.97. The largest absolute Gasteiger partial charge is 0.275 e. The van der Waals surface area contributed by atoms with E-state index in [1.165, 1.54) is 11.6 Å². The summed E-state index contributed by atoms with van der Waals surface area (Å²) in [5, 5.41) is 7.95. The van der Waals surface area contributed by atoms with Gasteiger partial charge >= 0.3 is 0 Å². The van der Waals surface area contributed by atoms with Gasteiger partial charge in [-0.25, -0.2) is 0 Å². The van der Waals surface area contributed by atoms with Crippen LogP contribution in [0.15, 0.2) is 29.8 Å². The van der Waals surface area contributed by atoms with E-state index < -0.39 is 5.24 Å². The molecule has 0 amide bonds. The van der Waals surface area contributed by atoms with Gasteiger partial charge in [0.25, 0.3) is 5.24 Å². The molecule has 0 aliphatic rings. The summed E-state index contributed by atoms with van der Waals surface area (Å²) in [5.74, 6) is 0.461. The van der Waals surface area contributed by atoms with Gasteiger partial charge in [0.15, 0.2) is 0 Å². The summed E-state index contributed by atoms with van der Waals surface area (Å²) < 4.78 is 0. The predicted molar refractivity (Wildman–Crippen MR) is 65.0 cm³/mol. The van der Waals surface area contributed by atoms with Crippen molar-refractivity contribution in [1.82, 2.24) is 0 Å². The van der Waals surface area contributed by atoms with Crippen LogP contribution in [0.4, 0.5) is 0 Å². The molecule has 0 aliphatic heterocycles. The van der Waals surface area contributed by atoms with E-state index in [1.54, 1.807) is 6.07 Å². The Labute approximate surface area is 100 Å². The van der Waals surface area contributed by atoms with Gasteiger partial charge in [-0.2, -0.15) is 5.26 Å². The van der Waals surface area contributed by atoms with E-state index in [1.807, 2.05) is 24.3 Å². The molecule has 0 saturated carbocycles. The van der Waals surface area contributed by atoms with Gasteiger partial charge in [0.05, 0.1) is 0 Å². The van der Waals surface area contributed by atoms with Crippen LogP contribution in [-0.4, -0.2) is 5.24 Å². The fourth-order valence-electron chi connectivity index (χ4n) is 1.28. The Balaban J connectivity index is 3.00. The molecule has 0 fully saturated rings. The maximum Gasteiger partial charge on any atom is 0.262 e. The Morgan fingerprint density at radius 2 is 1.94 bits per heavy atom. The SMILES string of the molecule is CC(C)c1ccc(C=C(C#N)C(=O)Cl)cc1. The molecule has 3 heteroatoms. The minimum Gasteiger partial charge on any atom is -0.275 e. The van der Waals surface area contributed by atoms with Crippen molar-refractivity contribution in [3.63, 3.8) is 0 Å². The van der Waals surface area contributed by atoms with E-state index in [-0.39, 0.29) is 5.57 Å². The number of rotatable bonds is 3. The van der Waals surface area contributed by atoms with Crippen LogP contribution in [-0.2, 0) is 4.79 Å². The molecule has 0 aromatic heterocycles. The minimum absolute atomic E-state index is 0.0426. The van der Waals surface area contributed by atoms with Crippen molar-refractivity contribution in [2.45, 2.75) is 19.8 Å². The van der Waals surface area contributed by atoms with Crippen LogP contribution in [0, 0.1) is 11.3 Å². The van der Waals surface area contributed by atoms with Crippen LogP contribution in [0.2, 0.25) is 0 Å². The zero-order valence-electron chi connectivity index (χ0n) is 9.20. The Hall–Kier alpha value is -1.59. The zero-order chi connectivity index (χ0) is 12.1. The lowest BCUT2D eigenvalue weighted by Crippen LogP contribution is -1.90. The molecule has 0 bridgehead atoms. The van der Waals surface area contributed by atoms with Gasteiger partial charge in [-0.3, -0.25) is 4.79 Å². The van der Waals surface area contributed by atoms with Gasteiger partial charge in [0, 0.05) is 0 Å². The number of halogens is 1. The van der Waals surface area contributed by atoms with Crippen LogP contribution in [0.5, 0.6) is 0 Å². The number of hydrogen-bond acceptors (Lipinski definition) is 2. The average molecular weight is 234 g/mol. The molecule has 16 heavy (non-hydrogen) atoms. The van der Waals surface area contributed by atoms with Crippen molar-refractivity contribution in [2.75, 3.05) is 0 Å². The molecule has 1 aromatic rings. The van der Waals surface area contributed by atoms with Gasteiger partial charge in [0.1, 0.15) is 11.6 Å². The van der Waals surface area contributed by atoms with E-state index >= 15 is 0 Å². The second-order valence-electron chi connectivity index (χ2n) is 3.76. The summed E-state index contributed by atoms with van der Waals surface area (Å²) in [4.78, 5) is 10.8. The molecule has 1 rings (SSSR count). The standard InChI is InChI=1S/C13H12ClNO/c1-9(2)11-5-3-10(4-6-11)7-12(8-15)13(14)16/h3-7,9H,1-2H3. The molecule has 0 heterocycles. The smallest absolute Gasteiger partial charge is 0.262 e. The zero-order valence-corrected chi connectivity index (χ0v) is 9.95. The van der Waals surface area contributed by atoms with Crippen molar-refractivity contribution in [1.29, 1.82) is 5.26 Å². The third-order valence-electron chi connectivity index (χ3n) is 2.25. The lowest BCUT2D eigenvalue weighted by molar-refractivity contribution is -0.108. The molecule has 2 nitrogen and oxygen atoms in total. The maximum absolute atomic E-state index is 10.8. The average Bonchev–Trinajstić information content (AvgIpc) is 2.26. The quantitative estimate of drug-likeness (QED) is 0.456. The van der Waals surface area contributed by atoms with Gasteiger partial charge in [-0.1, -0.05) is 38.1 Å². The third-order valence-corrected chi connectivity index (χ3v) is 2.45. The molecule has 0 aliphatic carbocycles. The van der Waals surface area contributed by atoms with Crippen LogP contribution in [0.3, 0.4) is 0 Å². The fourth-order valence-corrected chi connectivity index (χ4v) is 1.37. The van der Waals surface area contributed by atoms with Gasteiger partial charge in [0.2, 0.25) is 0 Å². The first-order chi connectivity index (χ1) is 7.54. The van der Waals surface area contributed by atoms with E-state index in [0.717, 1.165) is 5.56 Å². The summed E-state index contributed by atoms with van der Waals surface area (Å²) in [6, 6.07) is 9.45. The molecule has 1 aromatic carbocycles. The molecule has 0 atom stereocenters. The topological polar surface area (TPSA) is 40.9 Å². The number of nitriles is 1. The molecule has 82 valence electrons. The van der Waals surface area contributed by atoms with Crippen LogP contribution >= 0.6 is 11.6 Å². The lowest BCUT2D eigenvalue weighted by Gasteiger charge is -2.04. The first-order valence-electron chi connectivity index (χ1n) is 4.96. The summed E-state index contributed by atoms with van der Waals surface area (Å²) in [6.45, 7) is 4.21. The predicted octanol–water partition coefficient (Wildman–Crippen LogP) is 3.48. The second-order valence-corrected chi connectivity index (χ2v) is 4.11. The first kappa shape index (κ1) is 12.5. The van der Waals surface area contributed by atoms with Crippen molar-refractivity contribution in [3.8, 4) is 6.07 Å². The Bertz CT molecular complexity index is 452. The highest BCUT2D eigenvalue weighted by Crippen LogP contribution is 2.16. The van der Waals surface area contributed by atoms with Crippen molar-refractivity contribution in [3.05, 3.63) is 41.0 Å². The first-order valence-corrected chi connectivity index (χ1v) is 5.34. The maximum atomic E-state index is 10.8. The van der Waals surface area contributed by atoms with E-state index in [2.05, 4.69) is 13.8 Å². The Morgan fingerprint density at radius 3 is 2.31 bits per heavy atom. The molecule has 0 N–H and O–H groups in total. The van der Waals surface area contributed by atoms with Gasteiger partial charge < -0.3 is 0 Å². The van der Waals surface area contributed by atoms with Crippen molar-refractivity contribution in [2.24, 2.45) is 0 Å². The number of carbonyl (C=O) groups excluding carboxylic acids is 1. The molecular formula is C13H12ClNO. The normalized spacial score (nSPS) is 11.3. The summed E-state index contributed by atoms with van der Waals surface area (Å²) in [7, 11) is 0.